The lowest BCUT2D eigenvalue weighted by molar-refractivity contribution is -0.121. The van der Waals surface area contributed by atoms with Crippen molar-refractivity contribution in [2.24, 2.45) is 10.9 Å². The fraction of sp³-hybridized carbons (Fsp3) is 0.667. The maximum Gasteiger partial charge on any atom is 0.220 e. The van der Waals surface area contributed by atoms with Crippen LogP contribution in [0.3, 0.4) is 0 Å². The molecule has 0 unspecified atom stereocenters. The maximum atomic E-state index is 11.6. The van der Waals surface area contributed by atoms with Crippen LogP contribution in [0.4, 0.5) is 0 Å². The molecule has 1 aromatic rings. The summed E-state index contributed by atoms with van der Waals surface area (Å²) in [5.74, 6) is 1.57. The largest absolute Gasteiger partial charge is 0.381 e. The minimum absolute atomic E-state index is 0. The van der Waals surface area contributed by atoms with Crippen molar-refractivity contribution in [2.75, 3.05) is 39.9 Å². The summed E-state index contributed by atoms with van der Waals surface area (Å²) in [6, 6.07) is 8.53. The van der Waals surface area contributed by atoms with Crippen LogP contribution in [0.2, 0.25) is 0 Å². The summed E-state index contributed by atoms with van der Waals surface area (Å²) in [5, 5.41) is 6.17. The lowest BCUT2D eigenvalue weighted by atomic mass is 9.93. The highest BCUT2D eigenvalue weighted by atomic mass is 127. The van der Waals surface area contributed by atoms with Gasteiger partial charge in [0.1, 0.15) is 0 Å². The first kappa shape index (κ1) is 26.9. The number of carbonyl (C=O) groups is 1. The summed E-state index contributed by atoms with van der Waals surface area (Å²) >= 11 is 0. The van der Waals surface area contributed by atoms with Gasteiger partial charge in [-0.2, -0.15) is 0 Å². The van der Waals surface area contributed by atoms with Gasteiger partial charge in [0.15, 0.2) is 5.96 Å². The van der Waals surface area contributed by atoms with Crippen molar-refractivity contribution in [3.05, 3.63) is 35.4 Å². The number of halogens is 1. The lowest BCUT2D eigenvalue weighted by Gasteiger charge is -2.34. The van der Waals surface area contributed by atoms with E-state index in [-0.39, 0.29) is 29.9 Å². The zero-order chi connectivity index (χ0) is 21.9. The van der Waals surface area contributed by atoms with E-state index in [1.165, 1.54) is 11.1 Å². The second kappa shape index (κ2) is 14.7. The van der Waals surface area contributed by atoms with Crippen molar-refractivity contribution in [1.82, 2.24) is 15.5 Å². The Morgan fingerprint density at radius 2 is 1.91 bits per heavy atom. The fourth-order valence-corrected chi connectivity index (χ4v) is 4.18. The number of benzene rings is 1. The van der Waals surface area contributed by atoms with Crippen LogP contribution in [-0.2, 0) is 27.4 Å². The SMILES string of the molecule is CCNC(=NCc1cccc(COC2CCOCC2)c1)N1CCC(CC(=O)NC)CC1.I. The highest BCUT2D eigenvalue weighted by molar-refractivity contribution is 14.0. The Morgan fingerprint density at radius 3 is 2.59 bits per heavy atom. The minimum atomic E-state index is 0. The summed E-state index contributed by atoms with van der Waals surface area (Å²) in [5.41, 5.74) is 2.39. The van der Waals surface area contributed by atoms with Crippen LogP contribution < -0.4 is 10.6 Å². The van der Waals surface area contributed by atoms with Crippen LogP contribution in [0, 0.1) is 5.92 Å². The molecule has 0 aliphatic carbocycles. The molecular formula is C24H39IN4O3. The van der Waals surface area contributed by atoms with E-state index in [4.69, 9.17) is 14.5 Å². The van der Waals surface area contributed by atoms with Gasteiger partial charge in [-0.05, 0) is 49.7 Å². The highest BCUT2D eigenvalue weighted by Crippen LogP contribution is 2.21. The minimum Gasteiger partial charge on any atom is -0.381 e. The molecular weight excluding hydrogens is 519 g/mol. The maximum absolute atomic E-state index is 11.6. The molecule has 2 saturated heterocycles. The molecule has 0 radical (unpaired) electrons. The third-order valence-corrected chi connectivity index (χ3v) is 6.06. The van der Waals surface area contributed by atoms with Gasteiger partial charge in [-0.1, -0.05) is 24.3 Å². The first-order valence-electron chi connectivity index (χ1n) is 11.7. The molecule has 180 valence electrons. The van der Waals surface area contributed by atoms with Gasteiger partial charge >= 0.3 is 0 Å². The Morgan fingerprint density at radius 1 is 1.19 bits per heavy atom. The molecule has 8 heteroatoms. The van der Waals surface area contributed by atoms with Crippen LogP contribution in [0.25, 0.3) is 0 Å². The summed E-state index contributed by atoms with van der Waals surface area (Å²) in [4.78, 5) is 18.9. The molecule has 2 aliphatic heterocycles. The Kier molecular flexibility index (Phi) is 12.3. The summed E-state index contributed by atoms with van der Waals surface area (Å²) in [7, 11) is 1.71. The predicted molar refractivity (Wildman–Crippen MR) is 138 cm³/mol. The van der Waals surface area contributed by atoms with Crippen LogP contribution >= 0.6 is 24.0 Å². The number of carbonyl (C=O) groups excluding carboxylic acids is 1. The molecule has 3 rings (SSSR count). The standard InChI is InChI=1S/C24H38N4O3.HI/c1-3-26-24(28-11-7-19(8-12-28)16-23(29)25-2)27-17-20-5-4-6-21(15-20)18-31-22-9-13-30-14-10-22;/h4-6,15,19,22H,3,7-14,16-18H2,1-2H3,(H,25,29)(H,26,27);1H. The van der Waals surface area contributed by atoms with Gasteiger partial charge < -0.3 is 25.0 Å². The van der Waals surface area contributed by atoms with Gasteiger partial charge in [-0.15, -0.1) is 24.0 Å². The second-order valence-corrected chi connectivity index (χ2v) is 8.42. The monoisotopic (exact) mass is 558 g/mol. The predicted octanol–water partition coefficient (Wildman–Crippen LogP) is 3.31. The van der Waals surface area contributed by atoms with Gasteiger partial charge in [0.05, 0.1) is 19.3 Å². The van der Waals surface area contributed by atoms with E-state index in [0.29, 0.717) is 31.6 Å². The normalized spacial score (nSPS) is 18.2. The summed E-state index contributed by atoms with van der Waals surface area (Å²) in [6.07, 6.45) is 4.95. The summed E-state index contributed by atoms with van der Waals surface area (Å²) in [6.45, 7) is 7.70. The topological polar surface area (TPSA) is 75.2 Å². The molecule has 2 aliphatic rings. The first-order chi connectivity index (χ1) is 15.2. The third kappa shape index (κ3) is 8.86. The number of amides is 1. The number of rotatable bonds is 8. The third-order valence-electron chi connectivity index (χ3n) is 6.06. The molecule has 7 nitrogen and oxygen atoms in total. The van der Waals surface area contributed by atoms with Crippen LogP contribution in [0.15, 0.2) is 29.3 Å². The zero-order valence-corrected chi connectivity index (χ0v) is 21.8. The molecule has 32 heavy (non-hydrogen) atoms. The van der Waals surface area contributed by atoms with Crippen molar-refractivity contribution < 1.29 is 14.3 Å². The van der Waals surface area contributed by atoms with E-state index in [2.05, 4.69) is 46.7 Å². The van der Waals surface area contributed by atoms with E-state index in [1.807, 2.05) is 0 Å². The first-order valence-corrected chi connectivity index (χ1v) is 11.7. The number of likely N-dealkylation sites (tertiary alicyclic amines) is 1. The number of hydrogen-bond acceptors (Lipinski definition) is 4. The Hall–Kier alpha value is -1.39. The number of nitrogens with zero attached hydrogens (tertiary/aromatic N) is 2. The lowest BCUT2D eigenvalue weighted by Crippen LogP contribution is -2.46. The molecule has 0 atom stereocenters. The van der Waals surface area contributed by atoms with E-state index >= 15 is 0 Å². The van der Waals surface area contributed by atoms with Crippen molar-refractivity contribution >= 4 is 35.8 Å². The number of piperidine rings is 1. The van der Waals surface area contributed by atoms with Crippen LogP contribution in [0.5, 0.6) is 0 Å². The van der Waals surface area contributed by atoms with Crippen molar-refractivity contribution in [3.8, 4) is 0 Å². The van der Waals surface area contributed by atoms with Gasteiger partial charge in [0.2, 0.25) is 5.91 Å². The number of guanidine groups is 1. The van der Waals surface area contributed by atoms with E-state index in [1.54, 1.807) is 7.05 Å². The Balaban J connectivity index is 0.00000363. The molecule has 2 fully saturated rings. The highest BCUT2D eigenvalue weighted by Gasteiger charge is 2.23. The van der Waals surface area contributed by atoms with Crippen molar-refractivity contribution in [3.63, 3.8) is 0 Å². The number of hydrogen-bond donors (Lipinski definition) is 2. The van der Waals surface area contributed by atoms with Gasteiger partial charge in [-0.3, -0.25) is 4.79 Å². The van der Waals surface area contributed by atoms with Gasteiger partial charge in [0, 0.05) is 46.3 Å². The Labute approximate surface area is 209 Å². The molecule has 0 bridgehead atoms. The zero-order valence-electron chi connectivity index (χ0n) is 19.5. The number of aliphatic imine (C=N–C) groups is 1. The molecule has 1 amide bonds. The van der Waals surface area contributed by atoms with E-state index in [9.17, 15) is 4.79 Å². The molecule has 1 aromatic carbocycles. The summed E-state index contributed by atoms with van der Waals surface area (Å²) < 4.78 is 11.5. The van der Waals surface area contributed by atoms with Crippen LogP contribution in [-0.4, -0.2) is 62.8 Å². The van der Waals surface area contributed by atoms with Gasteiger partial charge in [-0.25, -0.2) is 4.99 Å². The van der Waals surface area contributed by atoms with Crippen molar-refractivity contribution in [1.29, 1.82) is 0 Å². The average molecular weight is 559 g/mol. The number of ether oxygens (including phenoxy) is 2. The average Bonchev–Trinajstić information content (AvgIpc) is 2.82. The molecule has 0 spiro atoms. The fourth-order valence-electron chi connectivity index (χ4n) is 4.18. The van der Waals surface area contributed by atoms with E-state index in [0.717, 1.165) is 64.5 Å². The Bertz CT molecular complexity index is 717. The van der Waals surface area contributed by atoms with Crippen molar-refractivity contribution in [2.45, 2.75) is 58.3 Å². The molecule has 0 saturated carbocycles. The quantitative estimate of drug-likeness (QED) is 0.291. The molecule has 2 heterocycles. The molecule has 0 aromatic heterocycles. The molecule has 2 N–H and O–H groups in total. The van der Waals surface area contributed by atoms with Crippen LogP contribution in [0.1, 0.15) is 50.2 Å². The second-order valence-electron chi connectivity index (χ2n) is 8.42. The number of nitrogens with one attached hydrogen (secondary N) is 2. The smallest absolute Gasteiger partial charge is 0.220 e. The van der Waals surface area contributed by atoms with Gasteiger partial charge in [0.25, 0.3) is 0 Å². The van der Waals surface area contributed by atoms with E-state index < -0.39 is 0 Å².